The van der Waals surface area contributed by atoms with Crippen LogP contribution < -0.4 is 0 Å². The van der Waals surface area contributed by atoms with Crippen LogP contribution in [0.3, 0.4) is 0 Å². The molecule has 0 aliphatic carbocycles. The van der Waals surface area contributed by atoms with Gasteiger partial charge in [-0.2, -0.15) is 0 Å². The van der Waals surface area contributed by atoms with Gasteiger partial charge in [0.05, 0.1) is 0 Å². The van der Waals surface area contributed by atoms with E-state index in [1.54, 1.807) is 0 Å². The van der Waals surface area contributed by atoms with Crippen LogP contribution in [0.15, 0.2) is 0 Å². The van der Waals surface area contributed by atoms with Crippen LogP contribution in [-0.4, -0.2) is 29.8 Å². The number of hydrogen-bond acceptors (Lipinski definition) is 0. The van der Waals surface area contributed by atoms with Gasteiger partial charge in [0.2, 0.25) is 0 Å². The molecule has 2 heteroatoms. The molecule has 0 aliphatic heterocycles. The average molecular weight is 206 g/mol. The first-order valence-electron chi connectivity index (χ1n) is 4.79. The van der Waals surface area contributed by atoms with E-state index in [-0.39, 0.29) is 7.55 Å². The molecule has 0 radical (unpaired) electrons. The molecule has 0 spiro atoms. The zero-order valence-electron chi connectivity index (χ0n) is 9.04. The van der Waals surface area contributed by atoms with Gasteiger partial charge < -0.3 is 0 Å². The molecule has 0 bridgehead atoms. The van der Waals surface area contributed by atoms with Crippen molar-refractivity contribution in [1.29, 1.82) is 0 Å². The summed E-state index contributed by atoms with van der Waals surface area (Å²) < 4.78 is 0. The molecule has 0 rings (SSSR count). The van der Waals surface area contributed by atoms with Gasteiger partial charge in [-0.05, 0) is 23.6 Å². The quantitative estimate of drug-likeness (QED) is 0.604. The van der Waals surface area contributed by atoms with Crippen LogP contribution in [0, 0.1) is 0 Å². The Kier molecular flexibility index (Phi) is 5.62. The highest BCUT2D eigenvalue weighted by atomic mass is 31.2. The molecule has 0 N–H and O–H groups in total. The fourth-order valence-electron chi connectivity index (χ4n) is 0.916. The monoisotopic (exact) mass is 206 g/mol. The van der Waals surface area contributed by atoms with Crippen molar-refractivity contribution in [3.8, 4) is 0 Å². The average Bonchev–Trinajstić information content (AvgIpc) is 2.04. The van der Waals surface area contributed by atoms with Crippen LogP contribution in [0.25, 0.3) is 0 Å². The first kappa shape index (κ1) is 12.6. The predicted molar refractivity (Wildman–Crippen MR) is 70.7 cm³/mol. The summed E-state index contributed by atoms with van der Waals surface area (Å²) in [6.07, 6.45) is 11.2. The van der Waals surface area contributed by atoms with Crippen molar-refractivity contribution in [2.24, 2.45) is 0 Å². The Balaban J connectivity index is 4.13. The summed E-state index contributed by atoms with van der Waals surface area (Å²) in [6.45, 7) is 9.25. The van der Waals surface area contributed by atoms with Crippen molar-refractivity contribution in [1.82, 2.24) is 0 Å². The Morgan fingerprint density at radius 2 is 1.67 bits per heavy atom. The maximum absolute atomic E-state index is 4.36. The number of hydrogen-bond donors (Lipinski definition) is 0. The molecular weight excluding hydrogens is 182 g/mol. The molecule has 0 amide bonds. The van der Waals surface area contributed by atoms with Crippen molar-refractivity contribution in [3.63, 3.8) is 0 Å². The van der Waals surface area contributed by atoms with E-state index in [1.165, 1.54) is 18.5 Å². The molecular formula is C10H24P2. The Labute approximate surface area is 79.5 Å². The van der Waals surface area contributed by atoms with E-state index in [2.05, 4.69) is 40.3 Å². The summed E-state index contributed by atoms with van der Waals surface area (Å²) in [6, 6.07) is 0. The second kappa shape index (κ2) is 5.36. The molecule has 0 aromatic rings. The van der Waals surface area contributed by atoms with Gasteiger partial charge in [0, 0.05) is 0 Å². The second-order valence-electron chi connectivity index (χ2n) is 4.12. The fourth-order valence-corrected chi connectivity index (χ4v) is 6.74. The Morgan fingerprint density at radius 1 is 1.17 bits per heavy atom. The Morgan fingerprint density at radius 3 is 2.00 bits per heavy atom. The van der Waals surface area contributed by atoms with Crippen LogP contribution >= 0.6 is 15.1 Å². The second-order valence-corrected chi connectivity index (χ2v) is 10.3. The lowest BCUT2D eigenvalue weighted by Gasteiger charge is -2.27. The third-order valence-electron chi connectivity index (χ3n) is 2.80. The highest BCUT2D eigenvalue weighted by molar-refractivity contribution is 7.73. The third kappa shape index (κ3) is 4.01. The van der Waals surface area contributed by atoms with Crippen molar-refractivity contribution in [2.75, 3.05) is 12.1 Å². The summed E-state index contributed by atoms with van der Waals surface area (Å²) in [4.78, 5) is 0. The van der Waals surface area contributed by atoms with Gasteiger partial charge in [-0.1, -0.05) is 27.7 Å². The topological polar surface area (TPSA) is 0 Å². The highest BCUT2D eigenvalue weighted by Crippen LogP contribution is 2.46. The molecule has 0 aliphatic rings. The zero-order valence-corrected chi connectivity index (χ0v) is 11.0. The predicted octanol–water partition coefficient (Wildman–Crippen LogP) is 3.44. The Bertz CT molecular complexity index is 180. The van der Waals surface area contributed by atoms with Gasteiger partial charge in [0.15, 0.2) is 0 Å². The molecule has 0 nitrogen and oxygen atoms in total. The largest absolute Gasteiger partial charge is 0.121 e. The van der Waals surface area contributed by atoms with Crippen molar-refractivity contribution in [3.05, 3.63) is 0 Å². The molecule has 2 atom stereocenters. The van der Waals surface area contributed by atoms with Crippen molar-refractivity contribution >= 4 is 27.7 Å². The SMILES string of the molecule is C=[PH](CC)C[PH](=C)C(C)(C)CC. The van der Waals surface area contributed by atoms with Crippen LogP contribution in [0.2, 0.25) is 0 Å². The molecule has 0 heterocycles. The Hall–Kier alpha value is 0.600. The summed E-state index contributed by atoms with van der Waals surface area (Å²) in [7, 11) is -0.683. The van der Waals surface area contributed by atoms with Crippen molar-refractivity contribution < 1.29 is 0 Å². The summed E-state index contributed by atoms with van der Waals surface area (Å²) >= 11 is 0. The van der Waals surface area contributed by atoms with Gasteiger partial charge in [0.1, 0.15) is 0 Å². The minimum absolute atomic E-state index is 0.288. The lowest BCUT2D eigenvalue weighted by atomic mass is 10.1. The van der Waals surface area contributed by atoms with E-state index in [0.717, 1.165) is 0 Å². The molecule has 0 aromatic carbocycles. The zero-order chi connectivity index (χ0) is 9.78. The van der Waals surface area contributed by atoms with Gasteiger partial charge in [0.25, 0.3) is 0 Å². The molecule has 0 saturated carbocycles. The van der Waals surface area contributed by atoms with E-state index in [0.29, 0.717) is 5.16 Å². The fraction of sp³-hybridized carbons (Fsp3) is 0.800. The minimum atomic E-state index is -0.395. The molecule has 12 heavy (non-hydrogen) atoms. The van der Waals surface area contributed by atoms with Crippen LogP contribution in [0.1, 0.15) is 34.1 Å². The van der Waals surface area contributed by atoms with Crippen LogP contribution in [-0.2, 0) is 0 Å². The maximum atomic E-state index is 4.36. The third-order valence-corrected chi connectivity index (χ3v) is 9.78. The normalized spacial score (nSPS) is 17.3. The van der Waals surface area contributed by atoms with Crippen LogP contribution in [0.4, 0.5) is 0 Å². The molecule has 0 fully saturated rings. The summed E-state index contributed by atoms with van der Waals surface area (Å²) in [5.41, 5.74) is 0. The van der Waals surface area contributed by atoms with E-state index >= 15 is 0 Å². The number of rotatable bonds is 5. The van der Waals surface area contributed by atoms with E-state index < -0.39 is 7.55 Å². The lowest BCUT2D eigenvalue weighted by Crippen LogP contribution is -2.13. The standard InChI is InChI=1S/C10H24P2/c1-7-10(3,4)12(6)9-11(5)8-2/h11-12H,5-9H2,1-4H3. The smallest absolute Gasteiger partial charge is 0.0180 e. The van der Waals surface area contributed by atoms with E-state index in [1.807, 2.05) is 0 Å². The van der Waals surface area contributed by atoms with Gasteiger partial charge in [-0.3, -0.25) is 0 Å². The highest BCUT2D eigenvalue weighted by Gasteiger charge is 2.17. The van der Waals surface area contributed by atoms with Gasteiger partial charge in [-0.15, -0.1) is 27.7 Å². The first-order valence-corrected chi connectivity index (χ1v) is 8.82. The first-order chi connectivity index (χ1) is 5.44. The van der Waals surface area contributed by atoms with Gasteiger partial charge >= 0.3 is 0 Å². The lowest BCUT2D eigenvalue weighted by molar-refractivity contribution is 0.677. The van der Waals surface area contributed by atoms with Crippen molar-refractivity contribution in [2.45, 2.75) is 39.3 Å². The van der Waals surface area contributed by atoms with E-state index in [4.69, 9.17) is 0 Å². The van der Waals surface area contributed by atoms with E-state index in [9.17, 15) is 0 Å². The van der Waals surface area contributed by atoms with Crippen LogP contribution in [0.5, 0.6) is 0 Å². The molecule has 2 unspecified atom stereocenters. The van der Waals surface area contributed by atoms with Gasteiger partial charge in [-0.25, -0.2) is 0 Å². The summed E-state index contributed by atoms with van der Waals surface area (Å²) in [5, 5.41) is 0.507. The minimum Gasteiger partial charge on any atom is -0.121 e. The molecule has 74 valence electrons. The maximum Gasteiger partial charge on any atom is -0.0180 e. The molecule has 0 saturated heterocycles. The molecule has 0 aromatic heterocycles. The summed E-state index contributed by atoms with van der Waals surface area (Å²) in [5.74, 6) is 1.37.